The van der Waals surface area contributed by atoms with E-state index in [0.717, 1.165) is 16.9 Å². The molecule has 0 aliphatic carbocycles. The Morgan fingerprint density at radius 3 is 2.70 bits per heavy atom. The molecule has 0 amide bonds. The van der Waals surface area contributed by atoms with Crippen molar-refractivity contribution in [2.75, 3.05) is 0 Å². The van der Waals surface area contributed by atoms with E-state index in [2.05, 4.69) is 6.07 Å². The number of para-hydroxylation sites is 1. The highest BCUT2D eigenvalue weighted by molar-refractivity contribution is 6.31. The molecule has 0 aliphatic heterocycles. The van der Waals surface area contributed by atoms with E-state index in [-0.39, 0.29) is 6.04 Å². The van der Waals surface area contributed by atoms with E-state index in [1.54, 1.807) is 18.2 Å². The van der Waals surface area contributed by atoms with Crippen molar-refractivity contribution in [3.05, 3.63) is 64.2 Å². The van der Waals surface area contributed by atoms with Gasteiger partial charge in [-0.25, -0.2) is 0 Å². The van der Waals surface area contributed by atoms with Gasteiger partial charge in [-0.15, -0.1) is 0 Å². The van der Waals surface area contributed by atoms with E-state index < -0.39 is 0 Å². The van der Waals surface area contributed by atoms with Gasteiger partial charge in [-0.05, 0) is 25.1 Å². The second-order valence-corrected chi connectivity index (χ2v) is 4.94. The molecule has 0 saturated heterocycles. The minimum absolute atomic E-state index is 0.0948. The van der Waals surface area contributed by atoms with E-state index in [1.807, 2.05) is 31.2 Å². The summed E-state index contributed by atoms with van der Waals surface area (Å²) in [5, 5.41) is 9.33. The molecule has 0 bridgehead atoms. The van der Waals surface area contributed by atoms with Crippen LogP contribution in [-0.2, 0) is 6.61 Å². The molecule has 1 unspecified atom stereocenters. The van der Waals surface area contributed by atoms with Crippen molar-refractivity contribution in [2.24, 2.45) is 5.73 Å². The normalized spacial score (nSPS) is 11.7. The second-order valence-electron chi connectivity index (χ2n) is 4.53. The van der Waals surface area contributed by atoms with E-state index >= 15 is 0 Å². The highest BCUT2D eigenvalue weighted by atomic mass is 35.5. The molecule has 0 heterocycles. The third kappa shape index (κ3) is 3.30. The Balaban J connectivity index is 2.15. The summed E-state index contributed by atoms with van der Waals surface area (Å²) >= 11 is 6.12. The fourth-order valence-electron chi connectivity index (χ4n) is 1.88. The van der Waals surface area contributed by atoms with E-state index in [9.17, 15) is 0 Å². The van der Waals surface area contributed by atoms with Gasteiger partial charge in [0.15, 0.2) is 0 Å². The molecule has 2 N–H and O–H groups in total. The smallest absolute Gasteiger partial charge is 0.124 e. The summed E-state index contributed by atoms with van der Waals surface area (Å²) in [5.41, 5.74) is 8.24. The van der Waals surface area contributed by atoms with Crippen molar-refractivity contribution in [2.45, 2.75) is 19.6 Å². The summed E-state index contributed by atoms with van der Waals surface area (Å²) in [7, 11) is 0. The molecule has 20 heavy (non-hydrogen) atoms. The number of hydrogen-bond acceptors (Lipinski definition) is 3. The van der Waals surface area contributed by atoms with Crippen molar-refractivity contribution < 1.29 is 4.74 Å². The van der Waals surface area contributed by atoms with Crippen LogP contribution in [0.2, 0.25) is 5.02 Å². The summed E-state index contributed by atoms with van der Waals surface area (Å²) in [5.74, 6) is 0.753. The summed E-state index contributed by atoms with van der Waals surface area (Å²) in [4.78, 5) is 0. The molecule has 0 spiro atoms. The molecule has 4 heteroatoms. The Labute approximate surface area is 123 Å². The van der Waals surface area contributed by atoms with E-state index in [4.69, 9.17) is 27.3 Å². The average molecular weight is 287 g/mol. The van der Waals surface area contributed by atoms with Gasteiger partial charge in [0, 0.05) is 22.2 Å². The van der Waals surface area contributed by atoms with Gasteiger partial charge in [0.1, 0.15) is 12.4 Å². The van der Waals surface area contributed by atoms with Crippen LogP contribution in [0.1, 0.15) is 29.7 Å². The zero-order valence-electron chi connectivity index (χ0n) is 11.1. The van der Waals surface area contributed by atoms with Gasteiger partial charge < -0.3 is 10.5 Å². The molecule has 3 nitrogen and oxygen atoms in total. The number of halogens is 1. The lowest BCUT2D eigenvalue weighted by Crippen LogP contribution is -2.08. The Morgan fingerprint density at radius 1 is 1.30 bits per heavy atom. The molecule has 2 aromatic rings. The average Bonchev–Trinajstić information content (AvgIpc) is 2.46. The first-order valence-corrected chi connectivity index (χ1v) is 6.65. The van der Waals surface area contributed by atoms with E-state index in [0.29, 0.717) is 17.2 Å². The zero-order valence-corrected chi connectivity index (χ0v) is 11.9. The second kappa shape index (κ2) is 6.42. The lowest BCUT2D eigenvalue weighted by molar-refractivity contribution is 0.301. The molecular weight excluding hydrogens is 272 g/mol. The number of rotatable bonds is 4. The van der Waals surface area contributed by atoms with Crippen molar-refractivity contribution in [1.29, 1.82) is 5.26 Å². The monoisotopic (exact) mass is 286 g/mol. The number of ether oxygens (including phenoxy) is 1. The number of benzene rings is 2. The highest BCUT2D eigenvalue weighted by Crippen LogP contribution is 2.25. The van der Waals surface area contributed by atoms with Gasteiger partial charge in [-0.2, -0.15) is 5.26 Å². The molecule has 2 aromatic carbocycles. The van der Waals surface area contributed by atoms with Crippen molar-refractivity contribution in [3.63, 3.8) is 0 Å². The van der Waals surface area contributed by atoms with Gasteiger partial charge in [0.05, 0.1) is 11.6 Å². The van der Waals surface area contributed by atoms with Crippen LogP contribution >= 0.6 is 11.6 Å². The Hall–Kier alpha value is -2.02. The topological polar surface area (TPSA) is 59.0 Å². The Bertz CT molecular complexity index is 647. The van der Waals surface area contributed by atoms with Gasteiger partial charge in [-0.1, -0.05) is 35.9 Å². The van der Waals surface area contributed by atoms with Crippen LogP contribution in [0.25, 0.3) is 0 Å². The maximum Gasteiger partial charge on any atom is 0.124 e. The quantitative estimate of drug-likeness (QED) is 0.930. The third-order valence-corrected chi connectivity index (χ3v) is 3.33. The lowest BCUT2D eigenvalue weighted by Gasteiger charge is -2.14. The summed E-state index contributed by atoms with van der Waals surface area (Å²) in [6.45, 7) is 2.26. The maximum atomic E-state index is 8.80. The number of nitrogens with zero attached hydrogens (tertiary/aromatic N) is 1. The van der Waals surface area contributed by atoms with Crippen molar-refractivity contribution in [3.8, 4) is 11.8 Å². The third-order valence-electron chi connectivity index (χ3n) is 2.97. The fourth-order valence-corrected chi connectivity index (χ4v) is 2.11. The van der Waals surface area contributed by atoms with Crippen molar-refractivity contribution in [1.82, 2.24) is 0 Å². The first kappa shape index (κ1) is 14.4. The molecule has 0 radical (unpaired) electrons. The Kier molecular flexibility index (Phi) is 4.62. The standard InChI is InChI=1S/C16H15ClN2O/c1-11(19)14-4-2-3-5-16(14)20-10-13-7-6-12(9-18)8-15(13)17/h2-8,11H,10,19H2,1H3. The van der Waals surface area contributed by atoms with E-state index in [1.165, 1.54) is 0 Å². The largest absolute Gasteiger partial charge is 0.489 e. The molecule has 2 rings (SSSR count). The Morgan fingerprint density at radius 2 is 2.05 bits per heavy atom. The first-order valence-electron chi connectivity index (χ1n) is 6.27. The molecule has 102 valence electrons. The molecular formula is C16H15ClN2O. The van der Waals surface area contributed by atoms with Gasteiger partial charge in [0.25, 0.3) is 0 Å². The van der Waals surface area contributed by atoms with Crippen LogP contribution in [-0.4, -0.2) is 0 Å². The van der Waals surface area contributed by atoms with Gasteiger partial charge in [-0.3, -0.25) is 0 Å². The molecule has 1 atom stereocenters. The van der Waals surface area contributed by atoms with Crippen LogP contribution in [0.15, 0.2) is 42.5 Å². The first-order chi connectivity index (χ1) is 9.61. The van der Waals surface area contributed by atoms with Crippen LogP contribution in [0.5, 0.6) is 5.75 Å². The summed E-state index contributed by atoms with van der Waals surface area (Å²) in [6.07, 6.45) is 0. The van der Waals surface area contributed by atoms with Crippen LogP contribution in [0.4, 0.5) is 0 Å². The molecule has 0 fully saturated rings. The SMILES string of the molecule is CC(N)c1ccccc1OCc1ccc(C#N)cc1Cl. The number of nitrogens with two attached hydrogens (primary N) is 1. The minimum Gasteiger partial charge on any atom is -0.489 e. The predicted molar refractivity (Wildman–Crippen MR) is 79.5 cm³/mol. The number of hydrogen-bond donors (Lipinski definition) is 1. The summed E-state index contributed by atoms with van der Waals surface area (Å²) < 4.78 is 5.79. The fraction of sp³-hybridized carbons (Fsp3) is 0.188. The van der Waals surface area contributed by atoms with Gasteiger partial charge in [0.2, 0.25) is 0 Å². The van der Waals surface area contributed by atoms with Crippen LogP contribution in [0.3, 0.4) is 0 Å². The van der Waals surface area contributed by atoms with Crippen LogP contribution < -0.4 is 10.5 Å². The minimum atomic E-state index is -0.0948. The number of nitriles is 1. The molecule has 0 saturated carbocycles. The predicted octanol–water partition coefficient (Wildman–Crippen LogP) is 3.81. The zero-order chi connectivity index (χ0) is 14.5. The van der Waals surface area contributed by atoms with Crippen LogP contribution in [0, 0.1) is 11.3 Å². The summed E-state index contributed by atoms with van der Waals surface area (Å²) in [6, 6.07) is 14.8. The van der Waals surface area contributed by atoms with Gasteiger partial charge >= 0.3 is 0 Å². The highest BCUT2D eigenvalue weighted by Gasteiger charge is 2.08. The van der Waals surface area contributed by atoms with Crippen molar-refractivity contribution >= 4 is 11.6 Å². The lowest BCUT2D eigenvalue weighted by atomic mass is 10.1. The molecule has 0 aliphatic rings. The maximum absolute atomic E-state index is 8.80. The molecule has 0 aromatic heterocycles.